The van der Waals surface area contributed by atoms with Gasteiger partial charge in [0, 0.05) is 70.8 Å². The number of anilines is 2. The summed E-state index contributed by atoms with van der Waals surface area (Å²) in [5.41, 5.74) is 0.792. The zero-order chi connectivity index (χ0) is 17.8. The molecule has 1 aromatic rings. The molecule has 2 aliphatic heterocycles. The van der Waals surface area contributed by atoms with E-state index in [0.29, 0.717) is 6.04 Å². The lowest BCUT2D eigenvalue weighted by Crippen LogP contribution is -2.56. The molecule has 0 radical (unpaired) electrons. The molecular weight excluding hydrogens is 316 g/mol. The van der Waals surface area contributed by atoms with E-state index in [-0.39, 0.29) is 6.03 Å². The van der Waals surface area contributed by atoms with Gasteiger partial charge in [0.15, 0.2) is 0 Å². The maximum absolute atomic E-state index is 12.5. The van der Waals surface area contributed by atoms with Crippen LogP contribution in [-0.2, 0) is 0 Å². The number of carbonyl (C=O) groups is 1. The summed E-state index contributed by atoms with van der Waals surface area (Å²) in [6.07, 6.45) is 4.28. The Morgan fingerprint density at radius 1 is 1.24 bits per heavy atom. The summed E-state index contributed by atoms with van der Waals surface area (Å²) in [7, 11) is 6.08. The smallest absolute Gasteiger partial charge is 0.321 e. The maximum atomic E-state index is 12.5. The number of urea groups is 1. The summed E-state index contributed by atoms with van der Waals surface area (Å²) in [5, 5.41) is 3.00. The van der Waals surface area contributed by atoms with Crippen molar-refractivity contribution < 1.29 is 4.79 Å². The second-order valence-corrected chi connectivity index (χ2v) is 7.31. The number of likely N-dealkylation sites (tertiary alicyclic amines) is 1. The lowest BCUT2D eigenvalue weighted by molar-refractivity contribution is 0.0717. The molecule has 0 aromatic carbocycles. The van der Waals surface area contributed by atoms with Gasteiger partial charge >= 0.3 is 6.03 Å². The molecule has 2 aliphatic rings. The molecule has 138 valence electrons. The summed E-state index contributed by atoms with van der Waals surface area (Å²) in [5.74, 6) is 0.837. The van der Waals surface area contributed by atoms with Crippen molar-refractivity contribution in [1.82, 2.24) is 19.7 Å². The fourth-order valence-electron chi connectivity index (χ4n) is 3.67. The third-order valence-electron chi connectivity index (χ3n) is 5.17. The molecule has 3 rings (SSSR count). The van der Waals surface area contributed by atoms with E-state index in [0.717, 1.165) is 44.2 Å². The number of aromatic nitrogens is 1. The Balaban J connectivity index is 1.50. The van der Waals surface area contributed by atoms with Crippen LogP contribution in [0.15, 0.2) is 18.3 Å². The molecule has 0 spiro atoms. The molecule has 25 heavy (non-hydrogen) atoms. The van der Waals surface area contributed by atoms with Gasteiger partial charge in [0.25, 0.3) is 0 Å². The third-order valence-corrected chi connectivity index (χ3v) is 5.17. The molecule has 7 nitrogen and oxygen atoms in total. The molecule has 2 saturated heterocycles. The maximum Gasteiger partial charge on any atom is 0.321 e. The Labute approximate surface area is 150 Å². The second kappa shape index (κ2) is 8.01. The highest BCUT2D eigenvalue weighted by molar-refractivity contribution is 5.89. The summed E-state index contributed by atoms with van der Waals surface area (Å²) < 4.78 is 0. The van der Waals surface area contributed by atoms with Crippen LogP contribution in [0, 0.1) is 0 Å². The number of hydrogen-bond acceptors (Lipinski definition) is 5. The number of rotatable bonds is 3. The van der Waals surface area contributed by atoms with Gasteiger partial charge in [-0.25, -0.2) is 9.78 Å². The molecule has 1 N–H and O–H groups in total. The molecule has 7 heteroatoms. The van der Waals surface area contributed by atoms with Crippen LogP contribution >= 0.6 is 0 Å². The van der Waals surface area contributed by atoms with Gasteiger partial charge in [-0.3, -0.25) is 4.90 Å². The lowest BCUT2D eigenvalue weighted by Gasteiger charge is -2.42. The standard InChI is InChI=1S/C18H30N6O/c1-21(2)17-13-15(6-7-19-17)20-18(25)24-11-9-23(10-12-24)16-5-4-8-22(3)14-16/h6-7,13,16H,4-5,8-12,14H2,1-3H3,(H,19,20,25). The summed E-state index contributed by atoms with van der Waals surface area (Å²) >= 11 is 0. The molecule has 0 saturated carbocycles. The molecule has 1 atom stereocenters. The first kappa shape index (κ1) is 17.9. The highest BCUT2D eigenvalue weighted by Crippen LogP contribution is 2.18. The molecule has 3 heterocycles. The Morgan fingerprint density at radius 2 is 2.00 bits per heavy atom. The number of nitrogens with one attached hydrogen (secondary N) is 1. The summed E-state index contributed by atoms with van der Waals surface area (Å²) in [6, 6.07) is 4.36. The van der Waals surface area contributed by atoms with Crippen LogP contribution in [-0.4, -0.2) is 92.2 Å². The Hall–Kier alpha value is -1.86. The second-order valence-electron chi connectivity index (χ2n) is 7.31. The lowest BCUT2D eigenvalue weighted by atomic mass is 10.0. The number of carbonyl (C=O) groups excluding carboxylic acids is 1. The van der Waals surface area contributed by atoms with E-state index in [4.69, 9.17) is 0 Å². The predicted octanol–water partition coefficient (Wildman–Crippen LogP) is 1.39. The van der Waals surface area contributed by atoms with E-state index in [1.165, 1.54) is 19.4 Å². The van der Waals surface area contributed by atoms with E-state index in [9.17, 15) is 4.79 Å². The number of hydrogen-bond donors (Lipinski definition) is 1. The van der Waals surface area contributed by atoms with E-state index in [1.807, 2.05) is 36.0 Å². The number of nitrogens with zero attached hydrogens (tertiary/aromatic N) is 5. The Morgan fingerprint density at radius 3 is 2.68 bits per heavy atom. The molecular formula is C18H30N6O. The SMILES string of the molecule is CN1CCCC(N2CCN(C(=O)Nc3ccnc(N(C)C)c3)CC2)C1. The number of piperazine rings is 1. The van der Waals surface area contributed by atoms with Crippen molar-refractivity contribution in [2.24, 2.45) is 0 Å². The average molecular weight is 346 g/mol. The van der Waals surface area contributed by atoms with E-state index < -0.39 is 0 Å². The summed E-state index contributed by atoms with van der Waals surface area (Å²) in [4.78, 5) is 25.6. The first-order valence-corrected chi connectivity index (χ1v) is 9.15. The number of likely N-dealkylation sites (N-methyl/N-ethyl adjacent to an activating group) is 1. The van der Waals surface area contributed by atoms with Crippen molar-refractivity contribution in [3.8, 4) is 0 Å². The Kier molecular flexibility index (Phi) is 5.75. The van der Waals surface area contributed by atoms with Gasteiger partial charge in [-0.05, 0) is 32.5 Å². The highest BCUT2D eigenvalue weighted by Gasteiger charge is 2.28. The fraction of sp³-hybridized carbons (Fsp3) is 0.667. The minimum Gasteiger partial charge on any atom is -0.363 e. The molecule has 1 unspecified atom stereocenters. The van der Waals surface area contributed by atoms with Crippen LogP contribution in [0.2, 0.25) is 0 Å². The summed E-state index contributed by atoms with van der Waals surface area (Å²) in [6.45, 7) is 5.86. The van der Waals surface area contributed by atoms with Crippen LogP contribution in [0.5, 0.6) is 0 Å². The quantitative estimate of drug-likeness (QED) is 0.896. The topological polar surface area (TPSA) is 55.0 Å². The predicted molar refractivity (Wildman–Crippen MR) is 101 cm³/mol. The molecule has 0 bridgehead atoms. The van der Waals surface area contributed by atoms with Gasteiger partial charge in [-0.2, -0.15) is 0 Å². The monoisotopic (exact) mass is 346 g/mol. The zero-order valence-corrected chi connectivity index (χ0v) is 15.6. The Bertz CT molecular complexity index is 585. The fourth-order valence-corrected chi connectivity index (χ4v) is 3.67. The van der Waals surface area contributed by atoms with Gasteiger partial charge in [0.2, 0.25) is 0 Å². The minimum atomic E-state index is -0.0173. The van der Waals surface area contributed by atoms with Crippen molar-refractivity contribution in [3.63, 3.8) is 0 Å². The number of piperidine rings is 1. The minimum absolute atomic E-state index is 0.0173. The molecule has 0 aliphatic carbocycles. The number of amides is 2. The normalized spacial score (nSPS) is 22.7. The van der Waals surface area contributed by atoms with Crippen LogP contribution in [0.1, 0.15) is 12.8 Å². The van der Waals surface area contributed by atoms with Crippen molar-refractivity contribution in [2.45, 2.75) is 18.9 Å². The van der Waals surface area contributed by atoms with E-state index >= 15 is 0 Å². The molecule has 2 amide bonds. The zero-order valence-electron chi connectivity index (χ0n) is 15.6. The first-order valence-electron chi connectivity index (χ1n) is 9.15. The largest absolute Gasteiger partial charge is 0.363 e. The van der Waals surface area contributed by atoms with Gasteiger partial charge in [0.05, 0.1) is 0 Å². The van der Waals surface area contributed by atoms with Crippen LogP contribution in [0.4, 0.5) is 16.3 Å². The van der Waals surface area contributed by atoms with Gasteiger partial charge in [-0.15, -0.1) is 0 Å². The van der Waals surface area contributed by atoms with Crippen LogP contribution in [0.3, 0.4) is 0 Å². The third kappa shape index (κ3) is 4.61. The highest BCUT2D eigenvalue weighted by atomic mass is 16.2. The van der Waals surface area contributed by atoms with Gasteiger partial charge < -0.3 is 20.0 Å². The average Bonchev–Trinajstić information content (AvgIpc) is 2.62. The van der Waals surface area contributed by atoms with Crippen molar-refractivity contribution in [1.29, 1.82) is 0 Å². The van der Waals surface area contributed by atoms with Crippen LogP contribution < -0.4 is 10.2 Å². The molecule has 1 aromatic heterocycles. The molecule has 2 fully saturated rings. The van der Waals surface area contributed by atoms with Gasteiger partial charge in [0.1, 0.15) is 5.82 Å². The van der Waals surface area contributed by atoms with E-state index in [1.54, 1.807) is 6.20 Å². The van der Waals surface area contributed by atoms with Crippen molar-refractivity contribution in [3.05, 3.63) is 18.3 Å². The van der Waals surface area contributed by atoms with Crippen molar-refractivity contribution >= 4 is 17.5 Å². The number of pyridine rings is 1. The van der Waals surface area contributed by atoms with Crippen LogP contribution in [0.25, 0.3) is 0 Å². The van der Waals surface area contributed by atoms with Gasteiger partial charge in [-0.1, -0.05) is 0 Å². The van der Waals surface area contributed by atoms with E-state index in [2.05, 4.69) is 27.1 Å². The first-order chi connectivity index (χ1) is 12.0. The van der Waals surface area contributed by atoms with Crippen molar-refractivity contribution in [2.75, 3.05) is 70.6 Å².